The van der Waals surface area contributed by atoms with Crippen LogP contribution < -0.4 is 5.32 Å². The number of piperidine rings is 1. The van der Waals surface area contributed by atoms with Crippen molar-refractivity contribution < 1.29 is 18.7 Å². The molecule has 0 radical (unpaired) electrons. The minimum Gasteiger partial charge on any atom is -0.444 e. The molecule has 1 saturated heterocycles. The highest BCUT2D eigenvalue weighted by Gasteiger charge is 2.31. The highest BCUT2D eigenvalue weighted by atomic mass is 32.1. The summed E-state index contributed by atoms with van der Waals surface area (Å²) in [6, 6.07) is 3.27. The largest absolute Gasteiger partial charge is 0.444 e. The van der Waals surface area contributed by atoms with Crippen molar-refractivity contribution >= 4 is 38.7 Å². The van der Waals surface area contributed by atoms with Crippen molar-refractivity contribution in [2.24, 2.45) is 5.92 Å². The molecule has 3 rings (SSSR count). The lowest BCUT2D eigenvalue weighted by atomic mass is 9.97. The summed E-state index contributed by atoms with van der Waals surface area (Å²) in [7, 11) is 0. The van der Waals surface area contributed by atoms with Crippen LogP contribution in [0.5, 0.6) is 0 Å². The Morgan fingerprint density at radius 3 is 2.81 bits per heavy atom. The van der Waals surface area contributed by atoms with Gasteiger partial charge < -0.3 is 15.0 Å². The first-order valence-corrected chi connectivity index (χ1v) is 9.79. The third kappa shape index (κ3) is 4.74. The van der Waals surface area contributed by atoms with Crippen LogP contribution in [0.2, 0.25) is 0 Å². The summed E-state index contributed by atoms with van der Waals surface area (Å²) in [6.45, 7) is 8.13. The van der Waals surface area contributed by atoms with E-state index >= 15 is 0 Å². The molecule has 1 N–H and O–H groups in total. The number of nitrogens with one attached hydrogen (secondary N) is 1. The van der Waals surface area contributed by atoms with Gasteiger partial charge in [-0.2, -0.15) is 0 Å². The quantitative estimate of drug-likeness (QED) is 0.824. The topological polar surface area (TPSA) is 71.5 Å². The Bertz CT molecular complexity index is 875. The lowest BCUT2D eigenvalue weighted by molar-refractivity contribution is -0.121. The minimum absolute atomic E-state index is 0.209. The highest BCUT2D eigenvalue weighted by Crippen LogP contribution is 2.30. The van der Waals surface area contributed by atoms with Crippen molar-refractivity contribution in [2.45, 2.75) is 46.1 Å². The van der Waals surface area contributed by atoms with Crippen LogP contribution in [0.15, 0.2) is 12.1 Å². The fourth-order valence-electron chi connectivity index (χ4n) is 3.06. The monoisotopic (exact) mass is 393 g/mol. The van der Waals surface area contributed by atoms with Crippen LogP contribution in [0.25, 0.3) is 10.2 Å². The van der Waals surface area contributed by atoms with Crippen LogP contribution in [-0.2, 0) is 9.53 Å². The van der Waals surface area contributed by atoms with Crippen LogP contribution in [-0.4, -0.2) is 40.6 Å². The lowest BCUT2D eigenvalue weighted by Crippen LogP contribution is -2.45. The molecule has 1 aliphatic heterocycles. The number of likely N-dealkylation sites (tertiary alicyclic amines) is 1. The number of amides is 2. The van der Waals surface area contributed by atoms with Crippen molar-refractivity contribution in [2.75, 3.05) is 18.4 Å². The second-order valence-corrected chi connectivity index (χ2v) is 8.90. The number of ether oxygens (including phenoxy) is 1. The average Bonchev–Trinajstić information content (AvgIpc) is 2.96. The smallest absolute Gasteiger partial charge is 0.410 e. The minimum atomic E-state index is -0.574. The maximum absolute atomic E-state index is 14.0. The molecular weight excluding hydrogens is 369 g/mol. The number of carbonyl (C=O) groups is 2. The molecule has 0 saturated carbocycles. The van der Waals surface area contributed by atoms with Gasteiger partial charge in [0.25, 0.3) is 0 Å². The first kappa shape index (κ1) is 19.5. The van der Waals surface area contributed by atoms with Gasteiger partial charge in [0.15, 0.2) is 10.9 Å². The third-order valence-electron chi connectivity index (χ3n) is 4.27. The van der Waals surface area contributed by atoms with E-state index in [2.05, 4.69) is 10.3 Å². The number of halogens is 1. The Balaban J connectivity index is 1.67. The normalized spacial score (nSPS) is 17.8. The summed E-state index contributed by atoms with van der Waals surface area (Å²) in [5.41, 5.74) is 0.497. The molecular formula is C19H24FN3O3S. The molecule has 1 fully saturated rings. The van der Waals surface area contributed by atoms with E-state index in [1.807, 2.05) is 33.8 Å². The van der Waals surface area contributed by atoms with Gasteiger partial charge in [0, 0.05) is 13.1 Å². The van der Waals surface area contributed by atoms with Gasteiger partial charge in [-0.05, 0) is 58.2 Å². The van der Waals surface area contributed by atoms with Gasteiger partial charge in [0.05, 0.1) is 10.6 Å². The first-order valence-electron chi connectivity index (χ1n) is 8.98. The SMILES string of the molecule is Cc1cc(F)c2nc(NC(=O)C3CCCN(C(=O)OC(C)(C)C)C3)sc2c1. The number of thiazole rings is 1. The van der Waals surface area contributed by atoms with E-state index in [4.69, 9.17) is 4.74 Å². The molecule has 2 aromatic rings. The molecule has 1 unspecified atom stereocenters. The van der Waals surface area contributed by atoms with Crippen molar-refractivity contribution in [3.05, 3.63) is 23.5 Å². The van der Waals surface area contributed by atoms with Crippen molar-refractivity contribution in [3.8, 4) is 0 Å². The van der Waals surface area contributed by atoms with Gasteiger partial charge >= 0.3 is 6.09 Å². The predicted molar refractivity (Wildman–Crippen MR) is 103 cm³/mol. The summed E-state index contributed by atoms with van der Waals surface area (Å²) in [4.78, 5) is 30.6. The number of rotatable bonds is 2. The second-order valence-electron chi connectivity index (χ2n) is 7.87. The highest BCUT2D eigenvalue weighted by molar-refractivity contribution is 7.22. The molecule has 2 heterocycles. The molecule has 1 aliphatic rings. The van der Waals surface area contributed by atoms with E-state index in [9.17, 15) is 14.0 Å². The zero-order valence-corrected chi connectivity index (χ0v) is 16.8. The van der Waals surface area contributed by atoms with Gasteiger partial charge in [0.1, 0.15) is 11.1 Å². The molecule has 2 amide bonds. The van der Waals surface area contributed by atoms with E-state index in [1.54, 1.807) is 4.90 Å². The van der Waals surface area contributed by atoms with Crippen LogP contribution in [0, 0.1) is 18.7 Å². The Morgan fingerprint density at radius 2 is 2.11 bits per heavy atom. The standard InChI is InChI=1S/C19H24FN3O3S/c1-11-8-13(20)15-14(9-11)27-17(21-15)22-16(24)12-6-5-7-23(10-12)18(25)26-19(2,3)4/h8-9,12H,5-7,10H2,1-4H3,(H,21,22,24). The van der Waals surface area contributed by atoms with E-state index in [1.165, 1.54) is 17.4 Å². The van der Waals surface area contributed by atoms with Crippen molar-refractivity contribution in [3.63, 3.8) is 0 Å². The number of fused-ring (bicyclic) bond motifs is 1. The maximum Gasteiger partial charge on any atom is 0.410 e. The fourth-order valence-corrected chi connectivity index (χ4v) is 4.04. The molecule has 1 aromatic carbocycles. The molecule has 6 nitrogen and oxygen atoms in total. The zero-order chi connectivity index (χ0) is 19.8. The Hall–Kier alpha value is -2.22. The molecule has 146 valence electrons. The number of hydrogen-bond donors (Lipinski definition) is 1. The molecule has 0 aliphatic carbocycles. The van der Waals surface area contributed by atoms with E-state index in [0.29, 0.717) is 29.3 Å². The lowest BCUT2D eigenvalue weighted by Gasteiger charge is -2.33. The number of carbonyl (C=O) groups excluding carboxylic acids is 2. The summed E-state index contributed by atoms with van der Waals surface area (Å²) in [5.74, 6) is -0.945. The van der Waals surface area contributed by atoms with Crippen molar-refractivity contribution in [1.29, 1.82) is 0 Å². The number of nitrogens with zero attached hydrogens (tertiary/aromatic N) is 2. The second kappa shape index (κ2) is 7.42. The van der Waals surface area contributed by atoms with Crippen molar-refractivity contribution in [1.82, 2.24) is 9.88 Å². The molecule has 1 aromatic heterocycles. The summed E-state index contributed by atoms with van der Waals surface area (Å²) in [5, 5.41) is 3.15. The number of aryl methyl sites for hydroxylation is 1. The summed E-state index contributed by atoms with van der Waals surface area (Å²) < 4.78 is 20.1. The number of benzene rings is 1. The first-order chi connectivity index (χ1) is 12.6. The van der Waals surface area contributed by atoms with Gasteiger partial charge in [-0.25, -0.2) is 14.2 Å². The Morgan fingerprint density at radius 1 is 1.37 bits per heavy atom. The molecule has 8 heteroatoms. The van der Waals surface area contributed by atoms with Crippen LogP contribution in [0.1, 0.15) is 39.2 Å². The number of anilines is 1. The number of aromatic nitrogens is 1. The molecule has 27 heavy (non-hydrogen) atoms. The molecule has 0 spiro atoms. The van der Waals surface area contributed by atoms with Crippen LogP contribution >= 0.6 is 11.3 Å². The molecule has 1 atom stereocenters. The summed E-state index contributed by atoms with van der Waals surface area (Å²) in [6.07, 6.45) is 1.01. The number of hydrogen-bond acceptors (Lipinski definition) is 5. The Kier molecular flexibility index (Phi) is 5.37. The Labute approximate surface area is 161 Å². The van der Waals surface area contributed by atoms with Gasteiger partial charge in [0.2, 0.25) is 5.91 Å². The maximum atomic E-state index is 14.0. The van der Waals surface area contributed by atoms with Gasteiger partial charge in [-0.1, -0.05) is 11.3 Å². The van der Waals surface area contributed by atoms with E-state index in [0.717, 1.165) is 12.0 Å². The van der Waals surface area contributed by atoms with Gasteiger partial charge in [-0.3, -0.25) is 4.79 Å². The van der Waals surface area contributed by atoms with Crippen LogP contribution in [0.4, 0.5) is 14.3 Å². The van der Waals surface area contributed by atoms with E-state index in [-0.39, 0.29) is 17.3 Å². The van der Waals surface area contributed by atoms with Crippen LogP contribution in [0.3, 0.4) is 0 Å². The van der Waals surface area contributed by atoms with E-state index < -0.39 is 17.5 Å². The van der Waals surface area contributed by atoms with Gasteiger partial charge in [-0.15, -0.1) is 0 Å². The summed E-state index contributed by atoms with van der Waals surface area (Å²) >= 11 is 1.24. The average molecular weight is 393 g/mol. The zero-order valence-electron chi connectivity index (χ0n) is 16.0. The third-order valence-corrected chi connectivity index (χ3v) is 5.18. The predicted octanol–water partition coefficient (Wildman–Crippen LogP) is 4.33. The fraction of sp³-hybridized carbons (Fsp3) is 0.526. The molecule has 0 bridgehead atoms.